The average molecular weight is 380 g/mol. The van der Waals surface area contributed by atoms with Gasteiger partial charge < -0.3 is 9.88 Å². The fourth-order valence-electron chi connectivity index (χ4n) is 3.43. The molecule has 5 nitrogen and oxygen atoms in total. The van der Waals surface area contributed by atoms with Crippen molar-refractivity contribution in [2.75, 3.05) is 0 Å². The molecule has 0 spiro atoms. The van der Waals surface area contributed by atoms with E-state index < -0.39 is 0 Å². The third-order valence-corrected chi connectivity index (χ3v) is 5.10. The van der Waals surface area contributed by atoms with Gasteiger partial charge in [-0.3, -0.25) is 14.6 Å². The molecule has 2 heterocycles. The van der Waals surface area contributed by atoms with Crippen LogP contribution in [0.1, 0.15) is 23.2 Å². The van der Waals surface area contributed by atoms with Crippen LogP contribution >= 0.6 is 0 Å². The molecule has 0 saturated heterocycles. The molecular formula is C24H18N3O2. The number of amides is 1. The summed E-state index contributed by atoms with van der Waals surface area (Å²) in [5.74, 6) is -0.339. The van der Waals surface area contributed by atoms with Gasteiger partial charge in [-0.15, -0.1) is 0 Å². The number of benzene rings is 2. The molecule has 1 saturated carbocycles. The summed E-state index contributed by atoms with van der Waals surface area (Å²) in [6.45, 7) is 0. The zero-order valence-electron chi connectivity index (χ0n) is 15.6. The first kappa shape index (κ1) is 17.4. The summed E-state index contributed by atoms with van der Waals surface area (Å²) in [5.41, 5.74) is 3.69. The molecular weight excluding hydrogens is 362 g/mol. The Labute approximate surface area is 167 Å². The van der Waals surface area contributed by atoms with Crippen molar-refractivity contribution in [1.82, 2.24) is 14.9 Å². The normalized spacial score (nSPS) is 13.4. The van der Waals surface area contributed by atoms with Crippen molar-refractivity contribution in [3.05, 3.63) is 94.9 Å². The molecule has 0 unspecified atom stereocenters. The van der Waals surface area contributed by atoms with Crippen molar-refractivity contribution in [2.24, 2.45) is 0 Å². The zero-order chi connectivity index (χ0) is 19.8. The molecule has 1 N–H and O–H groups in total. The van der Waals surface area contributed by atoms with Crippen LogP contribution in [0, 0.1) is 6.07 Å². The minimum atomic E-state index is -0.343. The van der Waals surface area contributed by atoms with Crippen molar-refractivity contribution in [2.45, 2.75) is 18.9 Å². The number of nitrogens with zero attached hydrogens (tertiary/aromatic N) is 2. The number of pyridine rings is 2. The van der Waals surface area contributed by atoms with Gasteiger partial charge in [0.25, 0.3) is 5.91 Å². The number of fused-ring (bicyclic) bond motifs is 1. The first-order valence-electron chi connectivity index (χ1n) is 9.59. The van der Waals surface area contributed by atoms with E-state index in [1.807, 2.05) is 59.2 Å². The fraction of sp³-hybridized carbons (Fsp3) is 0.125. The van der Waals surface area contributed by atoms with E-state index in [1.54, 1.807) is 18.5 Å². The van der Waals surface area contributed by atoms with Crippen molar-refractivity contribution >= 4 is 16.9 Å². The van der Waals surface area contributed by atoms with Gasteiger partial charge in [-0.1, -0.05) is 36.4 Å². The fourth-order valence-corrected chi connectivity index (χ4v) is 3.43. The van der Waals surface area contributed by atoms with Crippen LogP contribution in [-0.2, 0) is 0 Å². The Bertz CT molecular complexity index is 1270. The monoisotopic (exact) mass is 380 g/mol. The Morgan fingerprint density at radius 3 is 2.69 bits per heavy atom. The second-order valence-electron chi connectivity index (χ2n) is 7.20. The van der Waals surface area contributed by atoms with Gasteiger partial charge in [0.15, 0.2) is 0 Å². The lowest BCUT2D eigenvalue weighted by molar-refractivity contribution is 0.0949. The smallest absolute Gasteiger partial charge is 0.257 e. The summed E-state index contributed by atoms with van der Waals surface area (Å²) < 4.78 is 1.87. The molecule has 0 aliphatic heterocycles. The molecule has 1 radical (unpaired) electrons. The Morgan fingerprint density at radius 2 is 1.90 bits per heavy atom. The standard InChI is InChI=1S/C24H18N3O2/c28-23-20(24(29)26-18-11-12-18)15-27(21-10-5-13-25-22(21)23)19-9-4-8-17(14-19)16-6-2-1-3-7-16/h2-10,13-15,18H,11-12H2,(H,26,29). The van der Waals surface area contributed by atoms with Crippen LogP contribution in [0.15, 0.2) is 77.9 Å². The predicted octanol–water partition coefficient (Wildman–Crippen LogP) is 3.75. The number of nitrogens with one attached hydrogen (secondary N) is 1. The van der Waals surface area contributed by atoms with Gasteiger partial charge >= 0.3 is 0 Å². The van der Waals surface area contributed by atoms with Crippen LogP contribution < -0.4 is 10.7 Å². The van der Waals surface area contributed by atoms with E-state index in [-0.39, 0.29) is 28.5 Å². The van der Waals surface area contributed by atoms with Crippen LogP contribution in [0.2, 0.25) is 0 Å². The van der Waals surface area contributed by atoms with Gasteiger partial charge in [0.1, 0.15) is 11.1 Å². The maximum atomic E-state index is 12.9. The van der Waals surface area contributed by atoms with E-state index in [9.17, 15) is 9.59 Å². The Kier molecular flexibility index (Phi) is 4.21. The van der Waals surface area contributed by atoms with Crippen molar-refractivity contribution in [3.63, 3.8) is 0 Å². The molecule has 1 aliphatic rings. The van der Waals surface area contributed by atoms with E-state index in [1.165, 1.54) is 0 Å². The minimum absolute atomic E-state index is 0.114. The van der Waals surface area contributed by atoms with Crippen LogP contribution in [0.5, 0.6) is 0 Å². The SMILES string of the molecule is O=C(NC1CC1)c1cn(-c2cccc(-c3cc[c]cc3)c2)c2cccnc2c1=O. The number of rotatable bonds is 4. The molecule has 141 valence electrons. The first-order valence-corrected chi connectivity index (χ1v) is 9.59. The second-order valence-corrected chi connectivity index (χ2v) is 7.20. The topological polar surface area (TPSA) is 64.0 Å². The van der Waals surface area contributed by atoms with Crippen LogP contribution in [0.4, 0.5) is 0 Å². The summed E-state index contributed by atoms with van der Waals surface area (Å²) in [6, 6.07) is 22.6. The molecule has 1 amide bonds. The van der Waals surface area contributed by atoms with Crippen molar-refractivity contribution in [3.8, 4) is 16.8 Å². The summed E-state index contributed by atoms with van der Waals surface area (Å²) in [7, 11) is 0. The lowest BCUT2D eigenvalue weighted by Crippen LogP contribution is -2.31. The third kappa shape index (κ3) is 3.31. The van der Waals surface area contributed by atoms with E-state index in [0.717, 1.165) is 29.7 Å². The minimum Gasteiger partial charge on any atom is -0.349 e. The number of aromatic nitrogens is 2. The van der Waals surface area contributed by atoms with Gasteiger partial charge in [-0.2, -0.15) is 0 Å². The Balaban J connectivity index is 1.69. The molecule has 1 aliphatic carbocycles. The van der Waals surface area contributed by atoms with Crippen molar-refractivity contribution < 1.29 is 4.79 Å². The first-order chi connectivity index (χ1) is 14.2. The van der Waals surface area contributed by atoms with Gasteiger partial charge in [0, 0.05) is 24.1 Å². The molecule has 1 fully saturated rings. The number of carbonyl (C=O) groups excluding carboxylic acids is 1. The summed E-state index contributed by atoms with van der Waals surface area (Å²) >= 11 is 0. The number of hydrogen-bond acceptors (Lipinski definition) is 3. The van der Waals surface area contributed by atoms with Gasteiger partial charge in [0.05, 0.1) is 5.52 Å². The molecule has 29 heavy (non-hydrogen) atoms. The van der Waals surface area contributed by atoms with E-state index in [0.29, 0.717) is 5.52 Å². The lowest BCUT2D eigenvalue weighted by Gasteiger charge is -2.14. The van der Waals surface area contributed by atoms with E-state index in [4.69, 9.17) is 0 Å². The highest BCUT2D eigenvalue weighted by molar-refractivity contribution is 5.97. The summed E-state index contributed by atoms with van der Waals surface area (Å²) in [5, 5.41) is 2.91. The largest absolute Gasteiger partial charge is 0.349 e. The third-order valence-electron chi connectivity index (χ3n) is 5.10. The van der Waals surface area contributed by atoms with E-state index >= 15 is 0 Å². The van der Waals surface area contributed by atoms with Crippen LogP contribution in [0.25, 0.3) is 27.8 Å². The van der Waals surface area contributed by atoms with Gasteiger partial charge in [-0.25, -0.2) is 0 Å². The lowest BCUT2D eigenvalue weighted by atomic mass is 10.0. The van der Waals surface area contributed by atoms with Gasteiger partial charge in [0.2, 0.25) is 5.43 Å². The molecule has 2 aromatic carbocycles. The second kappa shape index (κ2) is 7.02. The highest BCUT2D eigenvalue weighted by Crippen LogP contribution is 2.24. The highest BCUT2D eigenvalue weighted by Gasteiger charge is 2.26. The van der Waals surface area contributed by atoms with Crippen LogP contribution in [0.3, 0.4) is 0 Å². The van der Waals surface area contributed by atoms with Crippen LogP contribution in [-0.4, -0.2) is 21.5 Å². The Hall–Kier alpha value is -3.73. The predicted molar refractivity (Wildman–Crippen MR) is 112 cm³/mol. The van der Waals surface area contributed by atoms with E-state index in [2.05, 4.69) is 16.4 Å². The molecule has 2 aromatic heterocycles. The summed E-state index contributed by atoms with van der Waals surface area (Å²) in [6.07, 6.45) is 5.13. The quantitative estimate of drug-likeness (QED) is 0.587. The Morgan fingerprint density at radius 1 is 1.07 bits per heavy atom. The maximum Gasteiger partial charge on any atom is 0.257 e. The maximum absolute atomic E-state index is 12.9. The molecule has 4 aromatic rings. The summed E-state index contributed by atoms with van der Waals surface area (Å²) in [4.78, 5) is 29.8. The average Bonchev–Trinajstić information content (AvgIpc) is 3.59. The highest BCUT2D eigenvalue weighted by atomic mass is 16.2. The molecule has 0 bridgehead atoms. The number of carbonyl (C=O) groups is 1. The number of hydrogen-bond donors (Lipinski definition) is 1. The van der Waals surface area contributed by atoms with Gasteiger partial charge in [-0.05, 0) is 54.3 Å². The molecule has 5 rings (SSSR count). The zero-order valence-corrected chi connectivity index (χ0v) is 15.6. The molecule has 0 atom stereocenters. The molecule has 5 heteroatoms. The van der Waals surface area contributed by atoms with Crippen molar-refractivity contribution in [1.29, 1.82) is 0 Å².